The van der Waals surface area contributed by atoms with Crippen LogP contribution in [0.5, 0.6) is 0 Å². The molecule has 0 aliphatic carbocycles. The van der Waals surface area contributed by atoms with E-state index in [1.807, 2.05) is 60.7 Å². The van der Waals surface area contributed by atoms with Gasteiger partial charge in [0.2, 0.25) is 0 Å². The first kappa shape index (κ1) is 27.0. The van der Waals surface area contributed by atoms with Gasteiger partial charge >= 0.3 is 0 Å². The molecule has 2 amide bonds. The van der Waals surface area contributed by atoms with Crippen LogP contribution >= 0.6 is 0 Å². The summed E-state index contributed by atoms with van der Waals surface area (Å²) in [6.07, 6.45) is 4.93. The molecule has 0 aliphatic rings. The number of ketones is 1. The Bertz CT molecular complexity index is 1490. The molecule has 39 heavy (non-hydrogen) atoms. The van der Waals surface area contributed by atoms with Crippen LogP contribution in [-0.4, -0.2) is 17.6 Å². The molecule has 0 unspecified atom stereocenters. The van der Waals surface area contributed by atoms with Crippen LogP contribution in [0.1, 0.15) is 57.2 Å². The molecule has 0 heterocycles. The Balaban J connectivity index is 1.51. The van der Waals surface area contributed by atoms with E-state index in [0.717, 1.165) is 11.1 Å². The molecule has 0 spiro atoms. The lowest BCUT2D eigenvalue weighted by Gasteiger charge is -2.12. The summed E-state index contributed by atoms with van der Waals surface area (Å²) in [4.78, 5) is 38.7. The highest BCUT2D eigenvalue weighted by Gasteiger charge is 2.15. The van der Waals surface area contributed by atoms with E-state index >= 15 is 0 Å². The molecule has 0 fully saturated rings. The van der Waals surface area contributed by atoms with Crippen molar-refractivity contribution in [3.05, 3.63) is 149 Å². The first-order chi connectivity index (χ1) is 18.9. The van der Waals surface area contributed by atoms with Gasteiger partial charge in [0.1, 0.15) is 5.70 Å². The summed E-state index contributed by atoms with van der Waals surface area (Å²) >= 11 is 0. The second-order valence-corrected chi connectivity index (χ2v) is 9.34. The molecule has 0 radical (unpaired) electrons. The van der Waals surface area contributed by atoms with Crippen molar-refractivity contribution in [3.63, 3.8) is 0 Å². The number of anilines is 1. The number of benzene rings is 4. The summed E-state index contributed by atoms with van der Waals surface area (Å²) < 4.78 is 0. The molecule has 0 atom stereocenters. The zero-order valence-corrected chi connectivity index (χ0v) is 21.9. The maximum Gasteiger partial charge on any atom is 0.272 e. The minimum absolute atomic E-state index is 0.104. The van der Waals surface area contributed by atoms with E-state index in [1.54, 1.807) is 60.7 Å². The number of amides is 2. The van der Waals surface area contributed by atoms with Gasteiger partial charge < -0.3 is 10.6 Å². The van der Waals surface area contributed by atoms with Crippen molar-refractivity contribution in [1.82, 2.24) is 5.32 Å². The second kappa shape index (κ2) is 13.0. The lowest BCUT2D eigenvalue weighted by molar-refractivity contribution is -0.113. The number of hydrogen-bond donors (Lipinski definition) is 2. The standard InChI is InChI=1S/C34H30N2O3/c1-24(2)27-16-13-26(14-17-27)23-31(36-33(38)29-11-7-4-8-12-29)34(39)35-30-20-18-28(19-21-30)32(37)22-15-25-9-5-3-6-10-25/h3-24H,1-2H3,(H,35,39)(H,36,38)/b22-15+,31-23-. The number of allylic oxidation sites excluding steroid dienone is 1. The minimum Gasteiger partial charge on any atom is -0.321 e. The average Bonchev–Trinajstić information content (AvgIpc) is 2.97. The third-order valence-electron chi connectivity index (χ3n) is 6.10. The number of rotatable bonds is 9. The van der Waals surface area contributed by atoms with Crippen LogP contribution in [0, 0.1) is 0 Å². The van der Waals surface area contributed by atoms with Crippen molar-refractivity contribution in [3.8, 4) is 0 Å². The van der Waals surface area contributed by atoms with Crippen LogP contribution in [0.25, 0.3) is 12.2 Å². The Kier molecular flexibility index (Phi) is 8.99. The van der Waals surface area contributed by atoms with Crippen molar-refractivity contribution in [2.24, 2.45) is 0 Å². The molecule has 0 saturated carbocycles. The van der Waals surface area contributed by atoms with Gasteiger partial charge in [-0.05, 0) is 71.2 Å². The summed E-state index contributed by atoms with van der Waals surface area (Å²) in [6, 6.07) is 32.8. The van der Waals surface area contributed by atoms with E-state index in [4.69, 9.17) is 0 Å². The van der Waals surface area contributed by atoms with Gasteiger partial charge in [0.15, 0.2) is 5.78 Å². The Morgan fingerprint density at radius 1 is 0.667 bits per heavy atom. The topological polar surface area (TPSA) is 75.3 Å². The van der Waals surface area contributed by atoms with E-state index in [1.165, 1.54) is 11.6 Å². The van der Waals surface area contributed by atoms with Gasteiger partial charge in [0.25, 0.3) is 11.8 Å². The fourth-order valence-corrected chi connectivity index (χ4v) is 3.83. The van der Waals surface area contributed by atoms with Crippen molar-refractivity contribution < 1.29 is 14.4 Å². The van der Waals surface area contributed by atoms with E-state index in [-0.39, 0.29) is 17.4 Å². The Morgan fingerprint density at radius 3 is 1.90 bits per heavy atom. The highest BCUT2D eigenvalue weighted by Crippen LogP contribution is 2.17. The Labute approximate surface area is 228 Å². The van der Waals surface area contributed by atoms with Crippen LogP contribution in [0.15, 0.2) is 121 Å². The highest BCUT2D eigenvalue weighted by atomic mass is 16.2. The molecule has 4 aromatic carbocycles. The molecule has 5 nitrogen and oxygen atoms in total. The van der Waals surface area contributed by atoms with Gasteiger partial charge in [0.05, 0.1) is 0 Å². The lowest BCUT2D eigenvalue weighted by atomic mass is 10.0. The third kappa shape index (κ3) is 7.73. The van der Waals surface area contributed by atoms with Gasteiger partial charge in [-0.15, -0.1) is 0 Å². The number of nitrogens with one attached hydrogen (secondary N) is 2. The molecule has 4 aromatic rings. The lowest BCUT2D eigenvalue weighted by Crippen LogP contribution is -2.30. The normalized spacial score (nSPS) is 11.4. The smallest absolute Gasteiger partial charge is 0.272 e. The predicted octanol–water partition coefficient (Wildman–Crippen LogP) is 7.12. The molecular weight excluding hydrogens is 484 g/mol. The Hall–Kier alpha value is -5.03. The molecule has 0 saturated heterocycles. The van der Waals surface area contributed by atoms with E-state index in [0.29, 0.717) is 22.7 Å². The predicted molar refractivity (Wildman–Crippen MR) is 157 cm³/mol. The first-order valence-corrected chi connectivity index (χ1v) is 12.8. The van der Waals surface area contributed by atoms with E-state index in [9.17, 15) is 14.4 Å². The second-order valence-electron chi connectivity index (χ2n) is 9.34. The van der Waals surface area contributed by atoms with Gasteiger partial charge in [-0.2, -0.15) is 0 Å². The minimum atomic E-state index is -0.477. The molecule has 2 N–H and O–H groups in total. The molecule has 0 aliphatic heterocycles. The summed E-state index contributed by atoms with van der Waals surface area (Å²) in [7, 11) is 0. The van der Waals surface area contributed by atoms with Gasteiger partial charge in [-0.25, -0.2) is 0 Å². The zero-order chi connectivity index (χ0) is 27.6. The van der Waals surface area contributed by atoms with E-state index in [2.05, 4.69) is 24.5 Å². The third-order valence-corrected chi connectivity index (χ3v) is 6.10. The van der Waals surface area contributed by atoms with Crippen molar-refractivity contribution >= 4 is 35.4 Å². The maximum atomic E-state index is 13.3. The molecule has 0 bridgehead atoms. The van der Waals surface area contributed by atoms with Crippen LogP contribution in [-0.2, 0) is 4.79 Å². The van der Waals surface area contributed by atoms with Gasteiger partial charge in [0, 0.05) is 16.8 Å². The van der Waals surface area contributed by atoms with Gasteiger partial charge in [-0.3, -0.25) is 14.4 Å². The largest absolute Gasteiger partial charge is 0.321 e. The SMILES string of the molecule is CC(C)c1ccc(/C=C(\NC(=O)c2ccccc2)C(=O)Nc2ccc(C(=O)/C=C/c3ccccc3)cc2)cc1. The first-order valence-electron chi connectivity index (χ1n) is 12.8. The van der Waals surface area contributed by atoms with Crippen LogP contribution in [0.4, 0.5) is 5.69 Å². The zero-order valence-electron chi connectivity index (χ0n) is 21.9. The summed E-state index contributed by atoms with van der Waals surface area (Å²) in [5, 5.41) is 5.57. The molecule has 5 heteroatoms. The van der Waals surface area contributed by atoms with E-state index < -0.39 is 5.91 Å². The molecule has 194 valence electrons. The number of carbonyl (C=O) groups is 3. The highest BCUT2D eigenvalue weighted by molar-refractivity contribution is 6.11. The van der Waals surface area contributed by atoms with Crippen molar-refractivity contribution in [2.45, 2.75) is 19.8 Å². The summed E-state index contributed by atoms with van der Waals surface area (Å²) in [5.74, 6) is -0.623. The fourth-order valence-electron chi connectivity index (χ4n) is 3.83. The quantitative estimate of drug-likeness (QED) is 0.185. The van der Waals surface area contributed by atoms with Crippen LogP contribution in [0.3, 0.4) is 0 Å². The average molecular weight is 515 g/mol. The fraction of sp³-hybridized carbons (Fsp3) is 0.0882. The van der Waals surface area contributed by atoms with Crippen molar-refractivity contribution in [2.75, 3.05) is 5.32 Å². The van der Waals surface area contributed by atoms with Crippen LogP contribution < -0.4 is 10.6 Å². The monoisotopic (exact) mass is 514 g/mol. The number of hydrogen-bond acceptors (Lipinski definition) is 3. The molecule has 0 aromatic heterocycles. The summed E-state index contributed by atoms with van der Waals surface area (Å²) in [5.41, 5.74) is 4.44. The maximum absolute atomic E-state index is 13.3. The number of carbonyl (C=O) groups excluding carboxylic acids is 3. The van der Waals surface area contributed by atoms with Crippen molar-refractivity contribution in [1.29, 1.82) is 0 Å². The molecular formula is C34H30N2O3. The van der Waals surface area contributed by atoms with Gasteiger partial charge in [-0.1, -0.05) is 92.7 Å². The Morgan fingerprint density at radius 2 is 1.28 bits per heavy atom. The van der Waals surface area contributed by atoms with Crippen LogP contribution in [0.2, 0.25) is 0 Å². The summed E-state index contributed by atoms with van der Waals surface area (Å²) in [6.45, 7) is 4.23. The molecule has 4 rings (SSSR count).